The van der Waals surface area contributed by atoms with Gasteiger partial charge in [0.25, 0.3) is 0 Å². The Balaban J connectivity index is 1.88. The van der Waals surface area contributed by atoms with Crippen molar-refractivity contribution >= 4 is 16.7 Å². The number of pyridine rings is 1. The van der Waals surface area contributed by atoms with Gasteiger partial charge in [-0.3, -0.25) is 0 Å². The molecule has 0 saturated heterocycles. The predicted octanol–water partition coefficient (Wildman–Crippen LogP) is 5.97. The summed E-state index contributed by atoms with van der Waals surface area (Å²) < 4.78 is 55.8. The highest BCUT2D eigenvalue weighted by atomic mass is 19.4. The average molecular weight is 452 g/mol. The average Bonchev–Trinajstić information content (AvgIpc) is 3.06. The maximum absolute atomic E-state index is 14.1. The summed E-state index contributed by atoms with van der Waals surface area (Å²) in [5, 5.41) is 14.7. The Morgan fingerprint density at radius 2 is 1.84 bits per heavy atom. The second kappa shape index (κ2) is 8.73. The fraction of sp³-hybridized carbons (Fsp3) is 0.458. The van der Waals surface area contributed by atoms with Crippen LogP contribution in [-0.2, 0) is 11.8 Å². The fourth-order valence-electron chi connectivity index (χ4n) is 3.91. The van der Waals surface area contributed by atoms with Crippen LogP contribution >= 0.6 is 0 Å². The molecule has 4 nitrogen and oxygen atoms in total. The summed E-state index contributed by atoms with van der Waals surface area (Å²) >= 11 is 0. The number of anilines is 1. The molecule has 1 atom stereocenters. The summed E-state index contributed by atoms with van der Waals surface area (Å²) in [6, 6.07) is 8.83. The Morgan fingerprint density at radius 3 is 2.47 bits per heavy atom. The molecular weight excluding hydrogens is 422 g/mol. The minimum absolute atomic E-state index is 0.248. The number of fused-ring (bicyclic) bond motifs is 1. The zero-order chi connectivity index (χ0) is 23.7. The highest BCUT2D eigenvalue weighted by Gasteiger charge is 2.56. The van der Waals surface area contributed by atoms with Gasteiger partial charge in [-0.25, -0.2) is 9.37 Å². The Kier molecular flexibility index (Phi) is 6.56. The van der Waals surface area contributed by atoms with E-state index in [1.807, 2.05) is 0 Å². The highest BCUT2D eigenvalue weighted by molar-refractivity contribution is 5.82. The van der Waals surface area contributed by atoms with Crippen molar-refractivity contribution in [1.29, 1.82) is 0 Å². The van der Waals surface area contributed by atoms with Gasteiger partial charge in [-0.2, -0.15) is 13.2 Å². The zero-order valence-corrected chi connectivity index (χ0v) is 18.6. The summed E-state index contributed by atoms with van der Waals surface area (Å²) in [6.45, 7) is 7.98. The quantitative estimate of drug-likeness (QED) is 0.370. The molecular formula is C24H29F4N3O. The lowest BCUT2D eigenvalue weighted by molar-refractivity contribution is -0.266. The number of aromatic amines is 1. The summed E-state index contributed by atoms with van der Waals surface area (Å²) in [4.78, 5) is 7.22. The summed E-state index contributed by atoms with van der Waals surface area (Å²) in [6.07, 6.45) is -4.59. The minimum atomic E-state index is -4.88. The molecule has 0 bridgehead atoms. The first kappa shape index (κ1) is 24.0. The van der Waals surface area contributed by atoms with E-state index in [2.05, 4.69) is 29.1 Å². The van der Waals surface area contributed by atoms with Crippen molar-refractivity contribution < 1.29 is 22.7 Å². The first-order valence-electron chi connectivity index (χ1n) is 10.6. The normalized spacial score (nSPS) is 14.7. The van der Waals surface area contributed by atoms with Gasteiger partial charge in [-0.15, -0.1) is 0 Å². The van der Waals surface area contributed by atoms with E-state index in [9.17, 15) is 22.7 Å². The topological polar surface area (TPSA) is 60.9 Å². The Bertz CT molecular complexity index is 1070. The van der Waals surface area contributed by atoms with Crippen molar-refractivity contribution in [1.82, 2.24) is 9.97 Å². The number of nitrogens with zero attached hydrogens (tertiary/aromatic N) is 1. The first-order chi connectivity index (χ1) is 14.8. The molecule has 3 aromatic rings. The van der Waals surface area contributed by atoms with Gasteiger partial charge in [0.2, 0.25) is 0 Å². The second-order valence-corrected chi connectivity index (χ2v) is 9.50. The number of benzene rings is 1. The van der Waals surface area contributed by atoms with Crippen molar-refractivity contribution in [2.45, 2.75) is 57.7 Å². The third-order valence-electron chi connectivity index (χ3n) is 5.60. The van der Waals surface area contributed by atoms with E-state index in [1.54, 1.807) is 38.2 Å². The lowest BCUT2D eigenvalue weighted by atomic mass is 9.73. The number of H-pyrrole nitrogens is 1. The molecule has 1 aromatic carbocycles. The number of hydrogen-bond acceptors (Lipinski definition) is 3. The molecule has 3 N–H and O–H groups in total. The molecule has 174 valence electrons. The number of alkyl halides is 3. The third-order valence-corrected chi connectivity index (χ3v) is 5.60. The van der Waals surface area contributed by atoms with Gasteiger partial charge in [0.1, 0.15) is 11.6 Å². The highest BCUT2D eigenvalue weighted by Crippen LogP contribution is 2.43. The van der Waals surface area contributed by atoms with Crippen LogP contribution in [0.4, 0.5) is 23.4 Å². The molecule has 3 rings (SSSR count). The van der Waals surface area contributed by atoms with E-state index in [4.69, 9.17) is 0 Å². The lowest BCUT2D eigenvalue weighted by Crippen LogP contribution is -2.50. The van der Waals surface area contributed by atoms with Gasteiger partial charge >= 0.3 is 6.18 Å². The minimum Gasteiger partial charge on any atom is -0.380 e. The van der Waals surface area contributed by atoms with Crippen LogP contribution in [0.1, 0.15) is 45.4 Å². The summed E-state index contributed by atoms with van der Waals surface area (Å²) in [5.41, 5.74) is -2.90. The number of nitrogens with one attached hydrogen (secondary N) is 2. The molecule has 2 heterocycles. The molecule has 0 aliphatic rings. The van der Waals surface area contributed by atoms with E-state index in [1.165, 1.54) is 18.2 Å². The van der Waals surface area contributed by atoms with Crippen LogP contribution < -0.4 is 5.32 Å². The lowest BCUT2D eigenvalue weighted by Gasteiger charge is -2.38. The van der Waals surface area contributed by atoms with E-state index in [0.717, 1.165) is 6.54 Å². The smallest absolute Gasteiger partial charge is 0.380 e. The maximum Gasteiger partial charge on any atom is 0.417 e. The van der Waals surface area contributed by atoms with Crippen molar-refractivity contribution in [2.24, 2.45) is 5.92 Å². The Labute approximate surface area is 185 Å². The second-order valence-electron chi connectivity index (χ2n) is 9.50. The van der Waals surface area contributed by atoms with Crippen molar-refractivity contribution in [3.05, 3.63) is 59.7 Å². The molecule has 8 heteroatoms. The van der Waals surface area contributed by atoms with Crippen LogP contribution in [0.15, 0.2) is 42.6 Å². The van der Waals surface area contributed by atoms with Crippen LogP contribution in [0.5, 0.6) is 0 Å². The van der Waals surface area contributed by atoms with Crippen LogP contribution in [0.3, 0.4) is 0 Å². The molecule has 0 fully saturated rings. The van der Waals surface area contributed by atoms with Gasteiger partial charge in [0.15, 0.2) is 5.60 Å². The molecule has 0 aliphatic heterocycles. The zero-order valence-electron chi connectivity index (χ0n) is 18.6. The Morgan fingerprint density at radius 1 is 1.12 bits per heavy atom. The molecule has 0 aliphatic carbocycles. The molecule has 32 heavy (non-hydrogen) atoms. The van der Waals surface area contributed by atoms with E-state index in [-0.39, 0.29) is 5.69 Å². The summed E-state index contributed by atoms with van der Waals surface area (Å²) in [7, 11) is 0. The van der Waals surface area contributed by atoms with Gasteiger partial charge in [-0.1, -0.05) is 39.8 Å². The number of aliphatic hydroxyl groups is 1. The first-order valence-corrected chi connectivity index (χ1v) is 10.6. The molecule has 0 saturated carbocycles. The van der Waals surface area contributed by atoms with E-state index in [0.29, 0.717) is 28.2 Å². The SMILES string of the molecule is CC(C)CNc1cc2cc(CC(O)(CC(C)(C)c3cccc(F)c3)C(F)(F)F)[nH]c2cn1. The van der Waals surface area contributed by atoms with Crippen LogP contribution in [0.2, 0.25) is 0 Å². The van der Waals surface area contributed by atoms with Gasteiger partial charge < -0.3 is 15.4 Å². The predicted molar refractivity (Wildman–Crippen MR) is 118 cm³/mol. The van der Waals surface area contributed by atoms with Gasteiger partial charge in [-0.05, 0) is 47.6 Å². The Hall–Kier alpha value is -2.61. The van der Waals surface area contributed by atoms with E-state index >= 15 is 0 Å². The van der Waals surface area contributed by atoms with Gasteiger partial charge in [0.05, 0.1) is 11.7 Å². The van der Waals surface area contributed by atoms with Crippen LogP contribution in [0, 0.1) is 11.7 Å². The fourth-order valence-corrected chi connectivity index (χ4v) is 3.91. The third kappa shape index (κ3) is 5.41. The van der Waals surface area contributed by atoms with Crippen molar-refractivity contribution in [2.75, 3.05) is 11.9 Å². The van der Waals surface area contributed by atoms with Crippen molar-refractivity contribution in [3.8, 4) is 0 Å². The van der Waals surface area contributed by atoms with E-state index < -0.39 is 35.9 Å². The molecule has 2 aromatic heterocycles. The standard InChI is InChI=1S/C24H29F4N3O/c1-15(2)12-29-21-9-16-8-19(31-20(16)13-30-21)11-23(32,24(26,27)28)14-22(3,4)17-6-5-7-18(25)10-17/h5-10,13,15,31-32H,11-12,14H2,1-4H3,(H,29,30). The van der Waals surface area contributed by atoms with Gasteiger partial charge in [0, 0.05) is 24.0 Å². The van der Waals surface area contributed by atoms with Crippen molar-refractivity contribution in [3.63, 3.8) is 0 Å². The summed E-state index contributed by atoms with van der Waals surface area (Å²) in [5.74, 6) is 0.517. The monoisotopic (exact) mass is 451 g/mol. The van der Waals surface area contributed by atoms with Crippen LogP contribution in [0.25, 0.3) is 10.9 Å². The maximum atomic E-state index is 14.1. The molecule has 0 radical (unpaired) electrons. The largest absolute Gasteiger partial charge is 0.417 e. The van der Waals surface area contributed by atoms with Crippen LogP contribution in [-0.4, -0.2) is 33.4 Å². The number of aromatic nitrogens is 2. The number of hydrogen-bond donors (Lipinski definition) is 3. The number of rotatable bonds is 8. The molecule has 0 amide bonds. The molecule has 0 spiro atoms. The number of halogens is 4. The molecule has 1 unspecified atom stereocenters.